The molecule has 0 aliphatic rings. The third kappa shape index (κ3) is 19.1. The van der Waals surface area contributed by atoms with E-state index >= 15 is 0 Å². The standard InChI is InChI=1S/C34H38Br2N2O18/c1-21(39)49-17-53-31(43)13-37(14-32(44)54-18-50-22(2)40)27-7-5-25(35)11-29(27)47-9-10-48-30-12-26(36)6-8-28(30)38(15-33(45)55-19-51-23(3)41)16-34(46)56-20-52-24(4)42/h5-8,11-12H,9-10,13-20H2,1-4H3. The Morgan fingerprint density at radius 3 is 0.964 bits per heavy atom. The number of benzene rings is 2. The summed E-state index contributed by atoms with van der Waals surface area (Å²) in [6.45, 7) is -0.617. The number of esters is 8. The predicted molar refractivity (Wildman–Crippen MR) is 195 cm³/mol. The van der Waals surface area contributed by atoms with Gasteiger partial charge in [-0.15, -0.1) is 0 Å². The summed E-state index contributed by atoms with van der Waals surface area (Å²) >= 11 is 6.72. The summed E-state index contributed by atoms with van der Waals surface area (Å²) in [6.07, 6.45) is 0. The van der Waals surface area contributed by atoms with E-state index in [0.717, 1.165) is 27.7 Å². The maximum Gasteiger partial charge on any atom is 0.328 e. The van der Waals surface area contributed by atoms with E-state index < -0.39 is 101 Å². The second-order valence-electron chi connectivity index (χ2n) is 10.7. The molecule has 2 aromatic rings. The highest BCUT2D eigenvalue weighted by Crippen LogP contribution is 2.34. The summed E-state index contributed by atoms with van der Waals surface area (Å²) in [6, 6.07) is 9.38. The molecule has 0 aromatic heterocycles. The average molecular weight is 922 g/mol. The highest BCUT2D eigenvalue weighted by molar-refractivity contribution is 9.10. The van der Waals surface area contributed by atoms with Crippen molar-refractivity contribution in [2.45, 2.75) is 27.7 Å². The molecule has 0 spiro atoms. The number of rotatable bonds is 23. The van der Waals surface area contributed by atoms with E-state index in [0.29, 0.717) is 8.95 Å². The van der Waals surface area contributed by atoms with E-state index in [9.17, 15) is 38.4 Å². The summed E-state index contributed by atoms with van der Waals surface area (Å²) in [7, 11) is 0. The summed E-state index contributed by atoms with van der Waals surface area (Å²) in [5, 5.41) is 0. The Morgan fingerprint density at radius 2 is 0.714 bits per heavy atom. The topological polar surface area (TPSA) is 235 Å². The fraction of sp³-hybridized carbons (Fsp3) is 0.412. The molecule has 0 fully saturated rings. The average Bonchev–Trinajstić information content (AvgIpc) is 3.09. The van der Waals surface area contributed by atoms with E-state index in [1.165, 1.54) is 21.9 Å². The van der Waals surface area contributed by atoms with Gasteiger partial charge in [0.1, 0.15) is 50.9 Å². The lowest BCUT2D eigenvalue weighted by molar-refractivity contribution is -0.167. The predicted octanol–water partition coefficient (Wildman–Crippen LogP) is 2.54. The summed E-state index contributed by atoms with van der Waals surface area (Å²) < 4.78 is 51.4. The molecule has 0 amide bonds. The van der Waals surface area contributed by atoms with Crippen LogP contribution in [-0.2, 0) is 76.3 Å². The second-order valence-corrected chi connectivity index (χ2v) is 12.5. The van der Waals surface area contributed by atoms with Gasteiger partial charge in [-0.3, -0.25) is 38.4 Å². The van der Waals surface area contributed by atoms with Gasteiger partial charge in [-0.1, -0.05) is 31.9 Å². The fourth-order valence-electron chi connectivity index (χ4n) is 4.00. The quantitative estimate of drug-likeness (QED) is 0.0674. The second kappa shape index (κ2) is 24.7. The van der Waals surface area contributed by atoms with Crippen LogP contribution in [0.5, 0.6) is 11.5 Å². The van der Waals surface area contributed by atoms with Gasteiger partial charge in [0, 0.05) is 36.6 Å². The third-order valence-corrected chi connectivity index (χ3v) is 7.32. The number of anilines is 2. The summed E-state index contributed by atoms with van der Waals surface area (Å²) in [5.41, 5.74) is 0.437. The van der Waals surface area contributed by atoms with E-state index in [1.54, 1.807) is 24.3 Å². The first kappa shape index (κ1) is 46.5. The van der Waals surface area contributed by atoms with E-state index in [-0.39, 0.29) is 36.1 Å². The van der Waals surface area contributed by atoms with Crippen molar-refractivity contribution in [3.8, 4) is 11.5 Å². The van der Waals surface area contributed by atoms with Crippen molar-refractivity contribution < 1.29 is 85.7 Å². The number of nitrogens with zero attached hydrogens (tertiary/aromatic N) is 2. The molecular formula is C34H38Br2N2O18. The number of carbonyl (C=O) groups is 8. The molecule has 0 atom stereocenters. The molecule has 0 bridgehead atoms. The number of carbonyl (C=O) groups excluding carboxylic acids is 8. The monoisotopic (exact) mass is 920 g/mol. The molecule has 0 N–H and O–H groups in total. The first-order valence-electron chi connectivity index (χ1n) is 16.0. The summed E-state index contributed by atoms with van der Waals surface area (Å²) in [4.78, 5) is 97.4. The molecule has 22 heteroatoms. The molecule has 0 aliphatic carbocycles. The zero-order chi connectivity index (χ0) is 41.6. The van der Waals surface area contributed by atoms with Crippen LogP contribution in [0.1, 0.15) is 27.7 Å². The van der Waals surface area contributed by atoms with Crippen molar-refractivity contribution in [2.24, 2.45) is 0 Å². The van der Waals surface area contributed by atoms with Crippen LogP contribution in [0, 0.1) is 0 Å². The normalized spacial score (nSPS) is 10.2. The lowest BCUT2D eigenvalue weighted by Crippen LogP contribution is -2.37. The first-order chi connectivity index (χ1) is 26.5. The lowest BCUT2D eigenvalue weighted by Gasteiger charge is -2.26. The Hall–Kier alpha value is -5.64. The molecular weight excluding hydrogens is 884 g/mol. The number of halogens is 2. The van der Waals surface area contributed by atoms with Gasteiger partial charge < -0.3 is 57.2 Å². The molecule has 306 valence electrons. The van der Waals surface area contributed by atoms with Gasteiger partial charge in [0.2, 0.25) is 27.2 Å². The fourth-order valence-corrected chi connectivity index (χ4v) is 4.68. The van der Waals surface area contributed by atoms with Crippen molar-refractivity contribution in [1.29, 1.82) is 0 Å². The van der Waals surface area contributed by atoms with Gasteiger partial charge in [0.15, 0.2) is 0 Å². The Morgan fingerprint density at radius 1 is 0.446 bits per heavy atom. The molecule has 0 heterocycles. The molecule has 0 saturated heterocycles. The Balaban J connectivity index is 2.29. The van der Waals surface area contributed by atoms with Crippen LogP contribution >= 0.6 is 31.9 Å². The molecule has 0 saturated carbocycles. The van der Waals surface area contributed by atoms with Crippen molar-refractivity contribution >= 4 is 91.0 Å². The maximum atomic E-state index is 12.6. The zero-order valence-corrected chi connectivity index (χ0v) is 33.7. The smallest absolute Gasteiger partial charge is 0.328 e. The van der Waals surface area contributed by atoms with Crippen LogP contribution in [0.2, 0.25) is 0 Å². The Labute approximate surface area is 336 Å². The minimum absolute atomic E-state index is 0.147. The van der Waals surface area contributed by atoms with Crippen LogP contribution in [-0.4, -0.2) is 114 Å². The molecule has 0 aliphatic heterocycles. The van der Waals surface area contributed by atoms with Crippen LogP contribution < -0.4 is 19.3 Å². The van der Waals surface area contributed by atoms with Crippen molar-refractivity contribution in [3.05, 3.63) is 45.3 Å². The molecule has 0 radical (unpaired) electrons. The first-order valence-corrected chi connectivity index (χ1v) is 17.6. The van der Waals surface area contributed by atoms with Crippen molar-refractivity contribution in [2.75, 3.05) is 76.4 Å². The number of hydrogen-bond acceptors (Lipinski definition) is 20. The molecule has 0 unspecified atom stereocenters. The SMILES string of the molecule is CC(=O)OCOC(=O)CN(CC(=O)OCOC(C)=O)c1ccc(Br)cc1OCCOc1cc(Br)ccc1N(CC(=O)OCOC(C)=O)CC(=O)OCOC(C)=O. The van der Waals surface area contributed by atoms with Gasteiger partial charge in [0.25, 0.3) is 0 Å². The van der Waals surface area contributed by atoms with Crippen LogP contribution in [0.25, 0.3) is 0 Å². The third-order valence-electron chi connectivity index (χ3n) is 6.33. The van der Waals surface area contributed by atoms with Gasteiger partial charge in [0.05, 0.1) is 11.4 Å². The van der Waals surface area contributed by atoms with Crippen molar-refractivity contribution in [1.82, 2.24) is 0 Å². The van der Waals surface area contributed by atoms with Gasteiger partial charge in [-0.25, -0.2) is 0 Å². The Bertz CT molecular complexity index is 1530. The van der Waals surface area contributed by atoms with Gasteiger partial charge in [-0.2, -0.15) is 0 Å². The number of ether oxygens (including phenoxy) is 10. The van der Waals surface area contributed by atoms with Crippen LogP contribution in [0.4, 0.5) is 11.4 Å². The highest BCUT2D eigenvalue weighted by Gasteiger charge is 2.24. The van der Waals surface area contributed by atoms with E-state index in [4.69, 9.17) is 28.4 Å². The van der Waals surface area contributed by atoms with Crippen LogP contribution in [0.15, 0.2) is 45.3 Å². The number of hydrogen-bond donors (Lipinski definition) is 0. The molecule has 2 rings (SSSR count). The Kier molecular flexibility index (Phi) is 20.5. The lowest BCUT2D eigenvalue weighted by atomic mass is 10.2. The minimum Gasteiger partial charge on any atom is -0.488 e. The van der Waals surface area contributed by atoms with Gasteiger partial charge in [-0.05, 0) is 36.4 Å². The largest absolute Gasteiger partial charge is 0.488 e. The molecule has 56 heavy (non-hydrogen) atoms. The van der Waals surface area contributed by atoms with Gasteiger partial charge >= 0.3 is 47.8 Å². The highest BCUT2D eigenvalue weighted by atomic mass is 79.9. The summed E-state index contributed by atoms with van der Waals surface area (Å²) in [5.74, 6) is -5.95. The van der Waals surface area contributed by atoms with Crippen LogP contribution in [0.3, 0.4) is 0 Å². The van der Waals surface area contributed by atoms with E-state index in [1.807, 2.05) is 0 Å². The van der Waals surface area contributed by atoms with Crippen molar-refractivity contribution in [3.63, 3.8) is 0 Å². The molecule has 20 nitrogen and oxygen atoms in total. The molecule has 2 aromatic carbocycles. The minimum atomic E-state index is -0.881. The zero-order valence-electron chi connectivity index (χ0n) is 30.5. The van der Waals surface area contributed by atoms with E-state index in [2.05, 4.69) is 50.8 Å². The maximum absolute atomic E-state index is 12.6.